The highest BCUT2D eigenvalue weighted by Gasteiger charge is 1.94. The maximum Gasteiger partial charge on any atom is 0.419 e. The van der Waals surface area contributed by atoms with E-state index in [0.717, 1.165) is 12.0 Å². The number of carboxylic acid groups (broad SMARTS) is 1. The molecule has 0 aliphatic carbocycles. The van der Waals surface area contributed by atoms with Crippen molar-refractivity contribution in [3.05, 3.63) is 29.8 Å². The smallest absolute Gasteiger partial charge is 0.419 e. The minimum atomic E-state index is -1.09. The molecule has 0 atom stereocenters. The third-order valence-corrected chi connectivity index (χ3v) is 1.69. The fourth-order valence-electron chi connectivity index (χ4n) is 1.09. The number of nitrogen functional groups attached to an aromatic ring is 1. The van der Waals surface area contributed by atoms with Gasteiger partial charge in [-0.25, -0.2) is 10.2 Å². The quantitative estimate of drug-likeness (QED) is 0.321. The molecule has 5 nitrogen and oxygen atoms in total. The average molecular weight is 195 g/mol. The number of hydrogen-bond acceptors (Lipinski definition) is 3. The van der Waals surface area contributed by atoms with Crippen molar-refractivity contribution in [1.29, 1.82) is 0 Å². The normalized spacial score (nSPS) is 9.71. The van der Waals surface area contributed by atoms with Crippen LogP contribution in [0.15, 0.2) is 24.3 Å². The van der Waals surface area contributed by atoms with Gasteiger partial charge in [-0.3, -0.25) is 5.43 Å². The van der Waals surface area contributed by atoms with Crippen molar-refractivity contribution in [3.8, 4) is 0 Å². The van der Waals surface area contributed by atoms with Gasteiger partial charge in [0.15, 0.2) is 0 Å². The van der Waals surface area contributed by atoms with Crippen molar-refractivity contribution in [2.24, 2.45) is 0 Å². The van der Waals surface area contributed by atoms with Crippen molar-refractivity contribution in [2.45, 2.75) is 6.42 Å². The Balaban J connectivity index is 2.28. The number of hydrogen-bond donors (Lipinski definition) is 4. The highest BCUT2D eigenvalue weighted by molar-refractivity contribution is 5.63. The second kappa shape index (κ2) is 5.08. The second-order valence-electron chi connectivity index (χ2n) is 2.85. The zero-order chi connectivity index (χ0) is 10.4. The molecule has 0 aliphatic heterocycles. The largest absolute Gasteiger partial charge is 0.464 e. The minimum Gasteiger partial charge on any atom is -0.464 e. The summed E-state index contributed by atoms with van der Waals surface area (Å²) >= 11 is 0. The van der Waals surface area contributed by atoms with Gasteiger partial charge in [-0.2, -0.15) is 0 Å². The number of amides is 1. The maximum absolute atomic E-state index is 10.1. The lowest BCUT2D eigenvalue weighted by Crippen LogP contribution is -2.37. The molecule has 0 heterocycles. The van der Waals surface area contributed by atoms with Gasteiger partial charge in [0.05, 0.1) is 0 Å². The van der Waals surface area contributed by atoms with Crippen LogP contribution in [-0.2, 0) is 6.42 Å². The van der Waals surface area contributed by atoms with Crippen molar-refractivity contribution in [2.75, 3.05) is 12.3 Å². The molecule has 0 saturated carbocycles. The zero-order valence-corrected chi connectivity index (χ0v) is 7.66. The van der Waals surface area contributed by atoms with Gasteiger partial charge >= 0.3 is 6.09 Å². The van der Waals surface area contributed by atoms with E-state index in [1.807, 2.05) is 24.3 Å². The topological polar surface area (TPSA) is 87.4 Å². The van der Waals surface area contributed by atoms with Gasteiger partial charge in [-0.05, 0) is 24.1 Å². The highest BCUT2D eigenvalue weighted by Crippen LogP contribution is 2.06. The van der Waals surface area contributed by atoms with Crippen LogP contribution in [-0.4, -0.2) is 17.7 Å². The first kappa shape index (κ1) is 10.3. The van der Waals surface area contributed by atoms with E-state index in [1.165, 1.54) is 0 Å². The molecule has 14 heavy (non-hydrogen) atoms. The fourth-order valence-corrected chi connectivity index (χ4v) is 1.09. The number of hydrazine groups is 1. The summed E-state index contributed by atoms with van der Waals surface area (Å²) in [6.45, 7) is 0.537. The Morgan fingerprint density at radius 2 is 2.29 bits per heavy atom. The summed E-state index contributed by atoms with van der Waals surface area (Å²) < 4.78 is 0. The van der Waals surface area contributed by atoms with E-state index in [2.05, 4.69) is 10.9 Å². The molecule has 1 amide bonds. The third-order valence-electron chi connectivity index (χ3n) is 1.69. The lowest BCUT2D eigenvalue weighted by atomic mass is 10.1. The van der Waals surface area contributed by atoms with Crippen LogP contribution in [0.2, 0.25) is 0 Å². The molecule has 0 unspecified atom stereocenters. The lowest BCUT2D eigenvalue weighted by Gasteiger charge is -2.04. The first-order valence-electron chi connectivity index (χ1n) is 4.24. The molecule has 76 valence electrons. The molecule has 0 spiro atoms. The number of anilines is 1. The van der Waals surface area contributed by atoms with E-state index >= 15 is 0 Å². The van der Waals surface area contributed by atoms with E-state index in [1.54, 1.807) is 0 Å². The number of carbonyl (C=O) groups is 1. The van der Waals surface area contributed by atoms with Crippen molar-refractivity contribution >= 4 is 11.8 Å². The number of nitrogens with one attached hydrogen (secondary N) is 2. The maximum atomic E-state index is 10.1. The molecule has 1 aromatic carbocycles. The molecule has 1 rings (SSSR count). The van der Waals surface area contributed by atoms with Crippen LogP contribution in [0.1, 0.15) is 5.56 Å². The van der Waals surface area contributed by atoms with Gasteiger partial charge in [0.1, 0.15) is 0 Å². The lowest BCUT2D eigenvalue weighted by molar-refractivity contribution is 0.189. The van der Waals surface area contributed by atoms with Gasteiger partial charge in [0, 0.05) is 12.2 Å². The molecule has 0 aliphatic rings. The molecule has 0 aromatic heterocycles. The Bertz CT molecular complexity index is 315. The summed E-state index contributed by atoms with van der Waals surface area (Å²) in [4.78, 5) is 10.1. The predicted octanol–water partition coefficient (Wildman–Crippen LogP) is 0.583. The first-order valence-corrected chi connectivity index (χ1v) is 4.24. The van der Waals surface area contributed by atoms with Gasteiger partial charge in [0.2, 0.25) is 0 Å². The molecule has 0 saturated heterocycles. The summed E-state index contributed by atoms with van der Waals surface area (Å²) in [5, 5.41) is 8.26. The zero-order valence-electron chi connectivity index (χ0n) is 7.66. The Hall–Kier alpha value is -1.75. The van der Waals surface area contributed by atoms with Crippen molar-refractivity contribution in [1.82, 2.24) is 10.9 Å². The average Bonchev–Trinajstić information content (AvgIpc) is 2.12. The third kappa shape index (κ3) is 3.77. The van der Waals surface area contributed by atoms with E-state index in [-0.39, 0.29) is 0 Å². The SMILES string of the molecule is Nc1cccc(CCNNC(=O)O)c1. The monoisotopic (exact) mass is 195 g/mol. The number of nitrogens with two attached hydrogens (primary N) is 1. The highest BCUT2D eigenvalue weighted by atomic mass is 16.4. The van der Waals surface area contributed by atoms with E-state index in [0.29, 0.717) is 12.2 Å². The van der Waals surface area contributed by atoms with Gasteiger partial charge in [0.25, 0.3) is 0 Å². The summed E-state index contributed by atoms with van der Waals surface area (Å²) in [6, 6.07) is 7.49. The van der Waals surface area contributed by atoms with E-state index in [9.17, 15) is 4.79 Å². The summed E-state index contributed by atoms with van der Waals surface area (Å²) in [7, 11) is 0. The molecule has 0 fully saturated rings. The van der Waals surface area contributed by atoms with Crippen LogP contribution in [0, 0.1) is 0 Å². The first-order chi connectivity index (χ1) is 6.68. The Morgan fingerprint density at radius 3 is 2.93 bits per heavy atom. The standard InChI is InChI=1S/C9H13N3O2/c10-8-3-1-2-7(6-8)4-5-11-12-9(13)14/h1-3,6,11-12H,4-5,10H2,(H,13,14). The van der Waals surface area contributed by atoms with Crippen LogP contribution in [0.3, 0.4) is 0 Å². The molecular formula is C9H13N3O2. The van der Waals surface area contributed by atoms with Crippen LogP contribution in [0.5, 0.6) is 0 Å². The van der Waals surface area contributed by atoms with Gasteiger partial charge in [-0.15, -0.1) is 0 Å². The Labute approximate surface area is 81.9 Å². The molecule has 5 heteroatoms. The van der Waals surface area contributed by atoms with Gasteiger partial charge < -0.3 is 10.8 Å². The van der Waals surface area contributed by atoms with Crippen molar-refractivity contribution < 1.29 is 9.90 Å². The number of benzene rings is 1. The van der Waals surface area contributed by atoms with Crippen LogP contribution in [0.4, 0.5) is 10.5 Å². The fraction of sp³-hybridized carbons (Fsp3) is 0.222. The summed E-state index contributed by atoms with van der Waals surface area (Å²) in [6.07, 6.45) is -0.358. The summed E-state index contributed by atoms with van der Waals surface area (Å²) in [5.74, 6) is 0. The predicted molar refractivity (Wildman–Crippen MR) is 53.7 cm³/mol. The van der Waals surface area contributed by atoms with E-state index < -0.39 is 6.09 Å². The molecule has 0 bridgehead atoms. The van der Waals surface area contributed by atoms with Crippen molar-refractivity contribution in [3.63, 3.8) is 0 Å². The summed E-state index contributed by atoms with van der Waals surface area (Å²) in [5.41, 5.74) is 12.0. The van der Waals surface area contributed by atoms with Crippen LogP contribution in [0.25, 0.3) is 0 Å². The molecule has 1 aromatic rings. The molecule has 0 radical (unpaired) electrons. The molecular weight excluding hydrogens is 182 g/mol. The Kier molecular flexibility index (Phi) is 3.75. The second-order valence-corrected chi connectivity index (χ2v) is 2.85. The van der Waals surface area contributed by atoms with E-state index in [4.69, 9.17) is 10.8 Å². The van der Waals surface area contributed by atoms with Crippen LogP contribution < -0.4 is 16.6 Å². The minimum absolute atomic E-state index is 0.537. The molecule has 5 N–H and O–H groups in total. The van der Waals surface area contributed by atoms with Gasteiger partial charge in [-0.1, -0.05) is 12.1 Å². The Morgan fingerprint density at radius 1 is 1.50 bits per heavy atom. The number of rotatable bonds is 4. The van der Waals surface area contributed by atoms with Crippen LogP contribution >= 0.6 is 0 Å².